The summed E-state index contributed by atoms with van der Waals surface area (Å²) in [7, 11) is 3.11. The molecule has 1 aromatic rings. The molecule has 0 N–H and O–H groups in total. The third-order valence-corrected chi connectivity index (χ3v) is 6.73. The Kier molecular flexibility index (Phi) is 8.42. The molecule has 0 saturated carbocycles. The third kappa shape index (κ3) is 5.67. The van der Waals surface area contributed by atoms with Crippen molar-refractivity contribution in [1.29, 1.82) is 0 Å². The van der Waals surface area contributed by atoms with Crippen LogP contribution in [0.5, 0.6) is 11.5 Å². The van der Waals surface area contributed by atoms with E-state index in [1.807, 2.05) is 0 Å². The number of fused-ring (bicyclic) bond motifs is 3. The normalized spacial score (nSPS) is 22.4. The van der Waals surface area contributed by atoms with E-state index in [0.717, 1.165) is 36.2 Å². The summed E-state index contributed by atoms with van der Waals surface area (Å²) in [5.41, 5.74) is 2.89. The Hall–Kier alpha value is -0.180. The van der Waals surface area contributed by atoms with Gasteiger partial charge in [0.2, 0.25) is 0 Å². The van der Waals surface area contributed by atoms with Crippen LogP contribution in [0.2, 0.25) is 0 Å². The fourth-order valence-electron chi connectivity index (χ4n) is 4.60. The monoisotopic (exact) mass is 505 g/mol. The van der Waals surface area contributed by atoms with Crippen LogP contribution in [0.1, 0.15) is 56.7 Å². The fraction of sp³-hybridized carbons (Fsp3) is 0.714. The lowest BCUT2D eigenvalue weighted by Crippen LogP contribution is -2.42. The fourth-order valence-corrected chi connectivity index (χ4v) is 5.32. The van der Waals surface area contributed by atoms with Gasteiger partial charge in [0.25, 0.3) is 0 Å². The van der Waals surface area contributed by atoms with E-state index in [1.54, 1.807) is 7.11 Å². The van der Waals surface area contributed by atoms with Crippen molar-refractivity contribution < 1.29 is 13.7 Å². The van der Waals surface area contributed by atoms with Gasteiger partial charge in [-0.1, -0.05) is 13.8 Å². The van der Waals surface area contributed by atoms with Crippen molar-refractivity contribution in [2.45, 2.75) is 52.0 Å². The van der Waals surface area contributed by atoms with E-state index in [9.17, 15) is 0 Å². The zero-order chi connectivity index (χ0) is 19.2. The number of halogens is 1. The van der Waals surface area contributed by atoms with Crippen molar-refractivity contribution >= 4 is 30.4 Å². The lowest BCUT2D eigenvalue weighted by Gasteiger charge is -2.44. The van der Waals surface area contributed by atoms with E-state index >= 15 is 0 Å². The summed E-state index contributed by atoms with van der Waals surface area (Å²) < 4.78 is 17.0. The van der Waals surface area contributed by atoms with Gasteiger partial charge >= 0.3 is 0 Å². The van der Waals surface area contributed by atoms with Crippen LogP contribution in [0, 0.1) is 11.8 Å². The minimum atomic E-state index is 0.550. The molecule has 4 nitrogen and oxygen atoms in total. The first-order valence-corrected chi connectivity index (χ1v) is 13.4. The molecule has 0 spiro atoms. The summed E-state index contributed by atoms with van der Waals surface area (Å²) in [4.78, 5) is 2.71. The van der Waals surface area contributed by atoms with Gasteiger partial charge < -0.3 is 13.7 Å². The van der Waals surface area contributed by atoms with Crippen molar-refractivity contribution in [1.82, 2.24) is 4.90 Å². The van der Waals surface area contributed by atoms with Crippen molar-refractivity contribution in [3.05, 3.63) is 23.3 Å². The van der Waals surface area contributed by atoms with E-state index in [0.29, 0.717) is 19.3 Å². The predicted molar refractivity (Wildman–Crippen MR) is 121 cm³/mol. The molecule has 2 atom stereocenters. The van der Waals surface area contributed by atoms with Crippen LogP contribution in [-0.4, -0.2) is 38.3 Å². The largest absolute Gasteiger partial charge is 0.493 e. The first kappa shape index (κ1) is 21.5. The van der Waals surface area contributed by atoms with Crippen molar-refractivity contribution in [3.63, 3.8) is 0 Å². The van der Waals surface area contributed by atoms with Gasteiger partial charge in [-0.15, -0.1) is 0 Å². The highest BCUT2D eigenvalue weighted by atomic mass is 127. The molecule has 27 heavy (non-hydrogen) atoms. The van der Waals surface area contributed by atoms with E-state index in [2.05, 4.69) is 52.1 Å². The molecule has 1 fully saturated rings. The molecule has 6 heteroatoms. The second kappa shape index (κ2) is 10.6. The number of benzene rings is 1. The summed E-state index contributed by atoms with van der Waals surface area (Å²) >= 11 is 2.14. The van der Waals surface area contributed by atoms with E-state index in [-0.39, 0.29) is 0 Å². The molecule has 0 bridgehead atoms. The molecular formula is C21H32INO3S. The number of nitrogens with zero attached hydrogens (tertiary/aromatic N) is 1. The van der Waals surface area contributed by atoms with E-state index < -0.39 is 0 Å². The molecule has 1 saturated heterocycles. The van der Waals surface area contributed by atoms with Gasteiger partial charge in [0.05, 0.1) is 29.5 Å². The zero-order valence-corrected chi connectivity index (χ0v) is 19.7. The average molecular weight is 505 g/mol. The van der Waals surface area contributed by atoms with E-state index in [4.69, 9.17) is 13.7 Å². The quantitative estimate of drug-likeness (QED) is 0.239. The summed E-state index contributed by atoms with van der Waals surface area (Å²) in [6, 6.07) is 5.01. The van der Waals surface area contributed by atoms with Crippen LogP contribution >= 0.6 is 30.4 Å². The molecule has 2 aliphatic heterocycles. The smallest absolute Gasteiger partial charge is 0.161 e. The van der Waals surface area contributed by atoms with Gasteiger partial charge in [-0.3, -0.25) is 4.90 Å². The third-order valence-electron chi connectivity index (χ3n) is 5.71. The number of methoxy groups -OCH3 is 1. The summed E-state index contributed by atoms with van der Waals surface area (Å²) in [5.74, 6) is 3.39. The highest BCUT2D eigenvalue weighted by Crippen LogP contribution is 2.43. The molecule has 0 amide bonds. The number of hydrogen-bond acceptors (Lipinski definition) is 5. The molecular weight excluding hydrogens is 473 g/mol. The Morgan fingerprint density at radius 3 is 2.81 bits per heavy atom. The van der Waals surface area contributed by atoms with Crippen molar-refractivity contribution in [2.75, 3.05) is 33.4 Å². The molecule has 1 aromatic carbocycles. The predicted octanol–water partition coefficient (Wildman–Crippen LogP) is 5.83. The summed E-state index contributed by atoms with van der Waals surface area (Å²) in [5, 5.41) is 0. The molecule has 0 aliphatic carbocycles. The van der Waals surface area contributed by atoms with Gasteiger partial charge in [0, 0.05) is 46.8 Å². The molecule has 0 aromatic heterocycles. The highest BCUT2D eigenvalue weighted by molar-refractivity contribution is 14.2. The maximum Gasteiger partial charge on any atom is 0.161 e. The molecule has 2 unspecified atom stereocenters. The Bertz CT molecular complexity index is 613. The highest BCUT2D eigenvalue weighted by Gasteiger charge is 2.34. The summed E-state index contributed by atoms with van der Waals surface area (Å²) in [6.07, 6.45) is 5.94. The first-order chi connectivity index (χ1) is 13.1. The maximum atomic E-state index is 6.01. The lowest BCUT2D eigenvalue weighted by molar-refractivity contribution is 0.0893. The molecule has 3 rings (SSSR count). The Morgan fingerprint density at radius 2 is 2.07 bits per heavy atom. The van der Waals surface area contributed by atoms with Crippen molar-refractivity contribution in [2.24, 2.45) is 11.8 Å². The topological polar surface area (TPSA) is 30.9 Å². The molecule has 152 valence electrons. The maximum absolute atomic E-state index is 6.01. The van der Waals surface area contributed by atoms with Gasteiger partial charge in [-0.05, 0) is 60.8 Å². The summed E-state index contributed by atoms with van der Waals surface area (Å²) in [6.45, 7) is 8.46. The second-order valence-corrected chi connectivity index (χ2v) is 9.56. The Labute approximate surface area is 180 Å². The SMILES string of the molecule is COc1cc2c(cc1OCCCOSI)CCN1CC(CC(C)C)CCC21. The second-order valence-electron chi connectivity index (χ2n) is 8.12. The van der Waals surface area contributed by atoms with Crippen LogP contribution in [0.25, 0.3) is 0 Å². The Balaban J connectivity index is 1.68. The number of hydrogen-bond donors (Lipinski definition) is 0. The number of rotatable bonds is 9. The van der Waals surface area contributed by atoms with Crippen LogP contribution in [0.3, 0.4) is 0 Å². The minimum Gasteiger partial charge on any atom is -0.493 e. The van der Waals surface area contributed by atoms with Gasteiger partial charge in [-0.2, -0.15) is 0 Å². The number of ether oxygens (including phenoxy) is 2. The van der Waals surface area contributed by atoms with E-state index in [1.165, 1.54) is 52.7 Å². The van der Waals surface area contributed by atoms with Crippen LogP contribution in [0.15, 0.2) is 12.1 Å². The van der Waals surface area contributed by atoms with Gasteiger partial charge in [-0.25, -0.2) is 0 Å². The van der Waals surface area contributed by atoms with Crippen LogP contribution < -0.4 is 9.47 Å². The molecule has 0 radical (unpaired) electrons. The Morgan fingerprint density at radius 1 is 1.22 bits per heavy atom. The van der Waals surface area contributed by atoms with Gasteiger partial charge in [0.15, 0.2) is 11.5 Å². The van der Waals surface area contributed by atoms with Crippen molar-refractivity contribution in [3.8, 4) is 11.5 Å². The average Bonchev–Trinajstić information content (AvgIpc) is 2.66. The number of piperidine rings is 1. The molecule has 2 heterocycles. The molecule has 2 aliphatic rings. The zero-order valence-electron chi connectivity index (χ0n) is 16.7. The minimum absolute atomic E-state index is 0.550. The lowest BCUT2D eigenvalue weighted by atomic mass is 9.81. The first-order valence-electron chi connectivity index (χ1n) is 10.1. The van der Waals surface area contributed by atoms with Gasteiger partial charge in [0.1, 0.15) is 0 Å². The standard InChI is InChI=1S/C21H32INO3S/c1-15(2)11-16-5-6-19-18-13-20(24-3)21(25-9-4-10-26-27-22)12-17(18)7-8-23(19)14-16/h12-13,15-16,19H,4-11,14H2,1-3H3. The van der Waals surface area contributed by atoms with Crippen LogP contribution in [0.4, 0.5) is 0 Å². The van der Waals surface area contributed by atoms with Crippen LogP contribution in [-0.2, 0) is 10.6 Å².